The van der Waals surface area contributed by atoms with E-state index in [2.05, 4.69) is 10.1 Å². The minimum Gasteiger partial charge on any atom is -0.394 e. The molecule has 1 aliphatic heterocycles. The van der Waals surface area contributed by atoms with Crippen LogP contribution in [0, 0.1) is 0 Å². The monoisotopic (exact) mass is 286 g/mol. The number of pyridine rings is 1. The molecular weight excluding hydrogens is 268 g/mol. The van der Waals surface area contributed by atoms with Crippen LogP contribution in [-0.4, -0.2) is 50.4 Å². The molecule has 0 spiro atoms. The van der Waals surface area contributed by atoms with Gasteiger partial charge in [0.2, 0.25) is 0 Å². The molecule has 0 aromatic carbocycles. The van der Waals surface area contributed by atoms with E-state index >= 15 is 0 Å². The summed E-state index contributed by atoms with van der Waals surface area (Å²) in [6.45, 7) is 2.20. The number of aromatic nitrogens is 3. The van der Waals surface area contributed by atoms with Crippen LogP contribution in [0.1, 0.15) is 23.2 Å². The molecular formula is C15H18N4O2. The maximum absolute atomic E-state index is 12.2. The molecule has 1 fully saturated rings. The van der Waals surface area contributed by atoms with Crippen LogP contribution in [-0.2, 0) is 6.54 Å². The number of likely N-dealkylation sites (tertiary alicyclic amines) is 1. The molecule has 1 N–H and O–H groups in total. The summed E-state index contributed by atoms with van der Waals surface area (Å²) in [5, 5.41) is 13.0. The Bertz CT molecular complexity index is 615. The summed E-state index contributed by atoms with van der Waals surface area (Å²) in [6.07, 6.45) is 7.34. The molecule has 0 unspecified atom stereocenters. The SMILES string of the molecule is O=C(c1ccc(-c2cnn(CCO)c2)nc1)N1CCCC1. The van der Waals surface area contributed by atoms with E-state index in [1.165, 1.54) is 0 Å². The minimum atomic E-state index is 0.0534. The summed E-state index contributed by atoms with van der Waals surface area (Å²) in [4.78, 5) is 18.4. The molecule has 6 heteroatoms. The number of carbonyl (C=O) groups excluding carboxylic acids is 1. The van der Waals surface area contributed by atoms with Crippen LogP contribution in [0.5, 0.6) is 0 Å². The maximum Gasteiger partial charge on any atom is 0.255 e. The van der Waals surface area contributed by atoms with Gasteiger partial charge in [-0.15, -0.1) is 0 Å². The lowest BCUT2D eigenvalue weighted by molar-refractivity contribution is 0.0792. The van der Waals surface area contributed by atoms with E-state index in [1.54, 1.807) is 17.1 Å². The van der Waals surface area contributed by atoms with Crippen LogP contribution in [0.3, 0.4) is 0 Å². The molecule has 0 atom stereocenters. The van der Waals surface area contributed by atoms with E-state index in [-0.39, 0.29) is 12.5 Å². The number of amides is 1. The number of rotatable bonds is 4. The third-order valence-electron chi connectivity index (χ3n) is 3.66. The Morgan fingerprint density at radius 2 is 2.05 bits per heavy atom. The Morgan fingerprint density at radius 3 is 2.71 bits per heavy atom. The first-order valence-corrected chi connectivity index (χ1v) is 7.17. The van der Waals surface area contributed by atoms with E-state index in [1.807, 2.05) is 23.2 Å². The van der Waals surface area contributed by atoms with E-state index in [0.717, 1.165) is 37.2 Å². The Balaban J connectivity index is 1.75. The van der Waals surface area contributed by atoms with Gasteiger partial charge in [0, 0.05) is 31.0 Å². The zero-order chi connectivity index (χ0) is 14.7. The number of hydrogen-bond acceptors (Lipinski definition) is 4. The summed E-state index contributed by atoms with van der Waals surface area (Å²) >= 11 is 0. The van der Waals surface area contributed by atoms with E-state index in [4.69, 9.17) is 5.11 Å². The highest BCUT2D eigenvalue weighted by Gasteiger charge is 2.19. The van der Waals surface area contributed by atoms with Crippen molar-refractivity contribution >= 4 is 5.91 Å². The fourth-order valence-corrected chi connectivity index (χ4v) is 2.51. The van der Waals surface area contributed by atoms with Crippen molar-refractivity contribution in [3.8, 4) is 11.3 Å². The summed E-state index contributed by atoms with van der Waals surface area (Å²) < 4.78 is 1.67. The van der Waals surface area contributed by atoms with Crippen molar-refractivity contribution in [1.82, 2.24) is 19.7 Å². The lowest BCUT2D eigenvalue weighted by atomic mass is 10.2. The predicted octanol–water partition coefficient (Wildman–Crippen LogP) is 1.17. The predicted molar refractivity (Wildman–Crippen MR) is 77.7 cm³/mol. The van der Waals surface area contributed by atoms with Gasteiger partial charge in [-0.25, -0.2) is 0 Å². The van der Waals surface area contributed by atoms with Crippen molar-refractivity contribution in [3.05, 3.63) is 36.3 Å². The van der Waals surface area contributed by atoms with Crippen molar-refractivity contribution in [2.24, 2.45) is 0 Å². The normalized spacial score (nSPS) is 14.6. The number of aliphatic hydroxyl groups excluding tert-OH is 1. The lowest BCUT2D eigenvalue weighted by Crippen LogP contribution is -2.27. The van der Waals surface area contributed by atoms with Crippen LogP contribution < -0.4 is 0 Å². The third-order valence-corrected chi connectivity index (χ3v) is 3.66. The van der Waals surface area contributed by atoms with Gasteiger partial charge in [-0.05, 0) is 25.0 Å². The zero-order valence-corrected chi connectivity index (χ0v) is 11.8. The molecule has 21 heavy (non-hydrogen) atoms. The van der Waals surface area contributed by atoms with Crippen molar-refractivity contribution < 1.29 is 9.90 Å². The van der Waals surface area contributed by atoms with Gasteiger partial charge in [-0.2, -0.15) is 5.10 Å². The number of aliphatic hydroxyl groups is 1. The number of hydrogen-bond donors (Lipinski definition) is 1. The Labute approximate surface area is 123 Å². The van der Waals surface area contributed by atoms with Crippen LogP contribution in [0.2, 0.25) is 0 Å². The highest BCUT2D eigenvalue weighted by atomic mass is 16.3. The first kappa shape index (κ1) is 13.8. The largest absolute Gasteiger partial charge is 0.394 e. The average Bonchev–Trinajstić information content (AvgIpc) is 3.19. The van der Waals surface area contributed by atoms with Crippen LogP contribution in [0.25, 0.3) is 11.3 Å². The lowest BCUT2D eigenvalue weighted by Gasteiger charge is -2.14. The second-order valence-corrected chi connectivity index (χ2v) is 5.15. The van der Waals surface area contributed by atoms with Crippen LogP contribution in [0.15, 0.2) is 30.7 Å². The third kappa shape index (κ3) is 2.95. The Kier molecular flexibility index (Phi) is 3.96. The van der Waals surface area contributed by atoms with Crippen molar-refractivity contribution in [2.45, 2.75) is 19.4 Å². The molecule has 0 radical (unpaired) electrons. The molecule has 110 valence electrons. The Morgan fingerprint density at radius 1 is 1.24 bits per heavy atom. The van der Waals surface area contributed by atoms with Gasteiger partial charge < -0.3 is 10.0 Å². The first-order chi connectivity index (χ1) is 10.3. The highest BCUT2D eigenvalue weighted by molar-refractivity contribution is 5.94. The quantitative estimate of drug-likeness (QED) is 0.916. The second kappa shape index (κ2) is 6.05. The molecule has 0 bridgehead atoms. The fourth-order valence-electron chi connectivity index (χ4n) is 2.51. The molecule has 0 aliphatic carbocycles. The topological polar surface area (TPSA) is 71.2 Å². The molecule has 6 nitrogen and oxygen atoms in total. The molecule has 3 rings (SSSR count). The van der Waals surface area contributed by atoms with Gasteiger partial charge in [0.15, 0.2) is 0 Å². The second-order valence-electron chi connectivity index (χ2n) is 5.15. The van der Waals surface area contributed by atoms with Gasteiger partial charge >= 0.3 is 0 Å². The fraction of sp³-hybridized carbons (Fsp3) is 0.400. The van der Waals surface area contributed by atoms with Crippen LogP contribution in [0.4, 0.5) is 0 Å². The van der Waals surface area contributed by atoms with Crippen LogP contribution >= 0.6 is 0 Å². The van der Waals surface area contributed by atoms with Gasteiger partial charge in [0.05, 0.1) is 30.6 Å². The van der Waals surface area contributed by atoms with Gasteiger partial charge in [-0.3, -0.25) is 14.5 Å². The highest BCUT2D eigenvalue weighted by Crippen LogP contribution is 2.18. The van der Waals surface area contributed by atoms with Crippen molar-refractivity contribution in [1.29, 1.82) is 0 Å². The molecule has 3 heterocycles. The van der Waals surface area contributed by atoms with Gasteiger partial charge in [0.1, 0.15) is 0 Å². The molecule has 1 saturated heterocycles. The van der Waals surface area contributed by atoms with Gasteiger partial charge in [0.25, 0.3) is 5.91 Å². The molecule has 0 saturated carbocycles. The molecule has 1 aliphatic rings. The summed E-state index contributed by atoms with van der Waals surface area (Å²) in [5.41, 5.74) is 2.28. The van der Waals surface area contributed by atoms with Crippen molar-refractivity contribution in [3.63, 3.8) is 0 Å². The number of nitrogens with zero attached hydrogens (tertiary/aromatic N) is 4. The molecule has 2 aromatic rings. The summed E-state index contributed by atoms with van der Waals surface area (Å²) in [7, 11) is 0. The number of carbonyl (C=O) groups is 1. The standard InChI is InChI=1S/C15H18N4O2/c20-8-7-19-11-13(10-17-19)14-4-3-12(9-16-14)15(21)18-5-1-2-6-18/h3-4,9-11,20H,1-2,5-8H2. The minimum absolute atomic E-state index is 0.0534. The average molecular weight is 286 g/mol. The maximum atomic E-state index is 12.2. The summed E-state index contributed by atoms with van der Waals surface area (Å²) in [6, 6.07) is 3.65. The zero-order valence-electron chi connectivity index (χ0n) is 11.8. The first-order valence-electron chi connectivity index (χ1n) is 7.17. The van der Waals surface area contributed by atoms with Crippen molar-refractivity contribution in [2.75, 3.05) is 19.7 Å². The smallest absolute Gasteiger partial charge is 0.255 e. The van der Waals surface area contributed by atoms with E-state index in [0.29, 0.717) is 12.1 Å². The van der Waals surface area contributed by atoms with E-state index in [9.17, 15) is 4.79 Å². The molecule has 2 aromatic heterocycles. The Hall–Kier alpha value is -2.21. The summed E-state index contributed by atoms with van der Waals surface area (Å²) in [5.74, 6) is 0.0579. The van der Waals surface area contributed by atoms with Gasteiger partial charge in [-0.1, -0.05) is 0 Å². The molecule has 1 amide bonds. The van der Waals surface area contributed by atoms with E-state index < -0.39 is 0 Å².